The Kier molecular flexibility index (Phi) is 6.47. The highest BCUT2D eigenvalue weighted by Gasteiger charge is 2.25. The summed E-state index contributed by atoms with van der Waals surface area (Å²) >= 11 is 5.83. The van der Waals surface area contributed by atoms with Gasteiger partial charge in [0.2, 0.25) is 5.91 Å². The van der Waals surface area contributed by atoms with E-state index in [0.29, 0.717) is 44.2 Å². The van der Waals surface area contributed by atoms with Gasteiger partial charge in [0, 0.05) is 18.0 Å². The molecule has 0 bridgehead atoms. The van der Waals surface area contributed by atoms with Crippen molar-refractivity contribution in [2.45, 2.75) is 18.9 Å². The van der Waals surface area contributed by atoms with Crippen LogP contribution in [-0.2, 0) is 9.53 Å². The van der Waals surface area contributed by atoms with Crippen LogP contribution in [0.3, 0.4) is 0 Å². The van der Waals surface area contributed by atoms with Gasteiger partial charge in [0.05, 0.1) is 19.8 Å². The first-order valence-electron chi connectivity index (χ1n) is 8.65. The van der Waals surface area contributed by atoms with Crippen molar-refractivity contribution >= 4 is 17.5 Å². The molecule has 0 spiro atoms. The van der Waals surface area contributed by atoms with Gasteiger partial charge in [-0.25, -0.2) is 4.39 Å². The van der Waals surface area contributed by atoms with Crippen molar-refractivity contribution in [2.24, 2.45) is 0 Å². The van der Waals surface area contributed by atoms with Gasteiger partial charge in [-0.3, -0.25) is 4.79 Å². The maximum absolute atomic E-state index is 13.1. The smallest absolute Gasteiger partial charge is 0.222 e. The van der Waals surface area contributed by atoms with Crippen molar-refractivity contribution in [2.75, 3.05) is 26.3 Å². The number of hydrogen-bond acceptors (Lipinski definition) is 3. The summed E-state index contributed by atoms with van der Waals surface area (Å²) in [6.07, 6.45) is 0.850. The van der Waals surface area contributed by atoms with E-state index in [-0.39, 0.29) is 17.8 Å². The SMILES string of the molecule is O=C(CCCOc1ccc(Cl)cc1)N1CCOC(c2ccc(F)cc2)C1. The van der Waals surface area contributed by atoms with Gasteiger partial charge in [-0.2, -0.15) is 0 Å². The molecule has 4 nitrogen and oxygen atoms in total. The molecule has 0 N–H and O–H groups in total. The number of morpholine rings is 1. The van der Waals surface area contributed by atoms with Gasteiger partial charge in [-0.1, -0.05) is 23.7 Å². The van der Waals surface area contributed by atoms with E-state index in [1.54, 1.807) is 41.3 Å². The zero-order valence-electron chi connectivity index (χ0n) is 14.4. The van der Waals surface area contributed by atoms with Crippen molar-refractivity contribution in [3.8, 4) is 5.75 Å². The van der Waals surface area contributed by atoms with E-state index >= 15 is 0 Å². The largest absolute Gasteiger partial charge is 0.494 e. The van der Waals surface area contributed by atoms with Crippen LogP contribution < -0.4 is 4.74 Å². The van der Waals surface area contributed by atoms with Crippen LogP contribution in [0.1, 0.15) is 24.5 Å². The van der Waals surface area contributed by atoms with Crippen LogP contribution in [0.25, 0.3) is 0 Å². The van der Waals surface area contributed by atoms with E-state index < -0.39 is 0 Å². The molecular formula is C20H21ClFNO3. The highest BCUT2D eigenvalue weighted by molar-refractivity contribution is 6.30. The fourth-order valence-electron chi connectivity index (χ4n) is 2.86. The fourth-order valence-corrected chi connectivity index (χ4v) is 2.98. The number of carbonyl (C=O) groups is 1. The lowest BCUT2D eigenvalue weighted by Gasteiger charge is -2.33. The van der Waals surface area contributed by atoms with Gasteiger partial charge >= 0.3 is 0 Å². The van der Waals surface area contributed by atoms with Gasteiger partial charge in [0.1, 0.15) is 17.7 Å². The van der Waals surface area contributed by atoms with Crippen LogP contribution in [0.5, 0.6) is 5.75 Å². The summed E-state index contributed by atoms with van der Waals surface area (Å²) in [5.74, 6) is 0.544. The lowest BCUT2D eigenvalue weighted by Crippen LogP contribution is -2.42. The number of ether oxygens (including phenoxy) is 2. The molecule has 1 aliphatic rings. The minimum atomic E-state index is -0.279. The summed E-state index contributed by atoms with van der Waals surface area (Å²) in [7, 11) is 0. The van der Waals surface area contributed by atoms with Crippen LogP contribution in [-0.4, -0.2) is 37.1 Å². The minimum Gasteiger partial charge on any atom is -0.494 e. The molecule has 1 amide bonds. The van der Waals surface area contributed by atoms with Crippen LogP contribution >= 0.6 is 11.6 Å². The second kappa shape index (κ2) is 9.01. The van der Waals surface area contributed by atoms with E-state index in [0.717, 1.165) is 11.3 Å². The molecule has 26 heavy (non-hydrogen) atoms. The molecule has 2 aromatic rings. The van der Waals surface area contributed by atoms with Gasteiger partial charge in [-0.05, 0) is 48.4 Å². The second-order valence-corrected chi connectivity index (χ2v) is 6.59. The Morgan fingerprint density at radius 2 is 1.92 bits per heavy atom. The van der Waals surface area contributed by atoms with Crippen LogP contribution in [0.4, 0.5) is 4.39 Å². The maximum Gasteiger partial charge on any atom is 0.222 e. The summed E-state index contributed by atoms with van der Waals surface area (Å²) in [6.45, 7) is 2.02. The molecule has 1 aliphatic heterocycles. The van der Waals surface area contributed by atoms with Crippen LogP contribution in [0, 0.1) is 5.82 Å². The van der Waals surface area contributed by atoms with Gasteiger partial charge in [0.15, 0.2) is 0 Å². The van der Waals surface area contributed by atoms with Crippen LogP contribution in [0.2, 0.25) is 5.02 Å². The van der Waals surface area contributed by atoms with E-state index in [4.69, 9.17) is 21.1 Å². The predicted octanol–water partition coefficient (Wildman–Crippen LogP) is 4.24. The molecular weight excluding hydrogens is 357 g/mol. The summed E-state index contributed by atoms with van der Waals surface area (Å²) in [6, 6.07) is 13.4. The normalized spacial score (nSPS) is 17.2. The Bertz CT molecular complexity index is 721. The molecule has 1 unspecified atom stereocenters. The van der Waals surface area contributed by atoms with Gasteiger partial charge in [0.25, 0.3) is 0 Å². The average molecular weight is 378 g/mol. The second-order valence-electron chi connectivity index (χ2n) is 6.16. The Morgan fingerprint density at radius 3 is 2.65 bits per heavy atom. The first-order chi connectivity index (χ1) is 12.6. The van der Waals surface area contributed by atoms with Crippen molar-refractivity contribution in [1.82, 2.24) is 4.90 Å². The van der Waals surface area contributed by atoms with E-state index in [1.807, 2.05) is 0 Å². The Hall–Kier alpha value is -2.11. The van der Waals surface area contributed by atoms with E-state index in [2.05, 4.69) is 0 Å². The molecule has 1 fully saturated rings. The van der Waals surface area contributed by atoms with Crippen molar-refractivity contribution in [3.05, 3.63) is 64.9 Å². The number of benzene rings is 2. The molecule has 2 aromatic carbocycles. The molecule has 138 valence electrons. The third-order valence-electron chi connectivity index (χ3n) is 4.28. The summed E-state index contributed by atoms with van der Waals surface area (Å²) in [4.78, 5) is 14.2. The lowest BCUT2D eigenvalue weighted by molar-refractivity contribution is -0.139. The Morgan fingerprint density at radius 1 is 1.19 bits per heavy atom. The summed E-state index contributed by atoms with van der Waals surface area (Å²) < 4.78 is 24.4. The summed E-state index contributed by atoms with van der Waals surface area (Å²) in [5.41, 5.74) is 0.884. The van der Waals surface area contributed by atoms with Gasteiger partial charge < -0.3 is 14.4 Å². The van der Waals surface area contributed by atoms with E-state index in [9.17, 15) is 9.18 Å². The highest BCUT2D eigenvalue weighted by atomic mass is 35.5. The number of nitrogens with zero attached hydrogens (tertiary/aromatic N) is 1. The number of carbonyl (C=O) groups excluding carboxylic acids is 1. The molecule has 0 saturated carbocycles. The van der Waals surface area contributed by atoms with Crippen molar-refractivity contribution < 1.29 is 18.7 Å². The maximum atomic E-state index is 13.1. The minimum absolute atomic E-state index is 0.0834. The quantitative estimate of drug-likeness (QED) is 0.707. The molecule has 0 aliphatic carbocycles. The molecule has 1 heterocycles. The topological polar surface area (TPSA) is 38.8 Å². The first kappa shape index (κ1) is 18.7. The van der Waals surface area contributed by atoms with Crippen LogP contribution in [0.15, 0.2) is 48.5 Å². The molecule has 6 heteroatoms. The number of hydrogen-bond donors (Lipinski definition) is 0. The average Bonchev–Trinajstić information content (AvgIpc) is 2.67. The number of rotatable bonds is 6. The van der Waals surface area contributed by atoms with E-state index in [1.165, 1.54) is 12.1 Å². The van der Waals surface area contributed by atoms with Gasteiger partial charge in [-0.15, -0.1) is 0 Å². The fraction of sp³-hybridized carbons (Fsp3) is 0.350. The number of amides is 1. The van der Waals surface area contributed by atoms with Crippen molar-refractivity contribution in [3.63, 3.8) is 0 Å². The molecule has 0 aromatic heterocycles. The highest BCUT2D eigenvalue weighted by Crippen LogP contribution is 2.23. The Balaban J connectivity index is 1.43. The lowest BCUT2D eigenvalue weighted by atomic mass is 10.1. The molecule has 3 rings (SSSR count). The standard InChI is InChI=1S/C20H21ClFNO3/c21-16-5-9-18(10-6-16)25-12-1-2-20(24)23-11-13-26-19(14-23)15-3-7-17(22)8-4-15/h3-10,19H,1-2,11-14H2. The predicted molar refractivity (Wildman–Crippen MR) is 97.9 cm³/mol. The Labute approximate surface area is 157 Å². The zero-order valence-corrected chi connectivity index (χ0v) is 15.1. The monoisotopic (exact) mass is 377 g/mol. The third kappa shape index (κ3) is 5.19. The third-order valence-corrected chi connectivity index (χ3v) is 4.53. The molecule has 1 saturated heterocycles. The van der Waals surface area contributed by atoms with Crippen molar-refractivity contribution in [1.29, 1.82) is 0 Å². The molecule has 1 atom stereocenters. The summed E-state index contributed by atoms with van der Waals surface area (Å²) in [5, 5.41) is 0.663. The number of halogens is 2. The molecule has 0 radical (unpaired) electrons. The first-order valence-corrected chi connectivity index (χ1v) is 9.03. The zero-order chi connectivity index (χ0) is 18.4.